The topological polar surface area (TPSA) is 105 Å². The lowest BCUT2D eigenvalue weighted by atomic mass is 9.98. The zero-order chi connectivity index (χ0) is 19.0. The van der Waals surface area contributed by atoms with Crippen LogP contribution in [-0.4, -0.2) is 15.6 Å². The third-order valence-corrected chi connectivity index (χ3v) is 4.33. The van der Waals surface area contributed by atoms with Gasteiger partial charge in [0, 0.05) is 7.05 Å². The Morgan fingerprint density at radius 2 is 1.70 bits per heavy atom. The summed E-state index contributed by atoms with van der Waals surface area (Å²) in [6.45, 7) is 0. The van der Waals surface area contributed by atoms with E-state index in [9.17, 15) is 14.4 Å². The number of urea groups is 1. The number of carbonyl (C=O) groups excluding carboxylic acids is 1. The normalized spacial score (nSPS) is 15.4. The fraction of sp³-hybridized carbons (Fsp3) is 0.105. The second kappa shape index (κ2) is 6.49. The Balaban J connectivity index is 1.78. The van der Waals surface area contributed by atoms with E-state index in [1.165, 1.54) is 11.6 Å². The first-order chi connectivity index (χ1) is 13.0. The van der Waals surface area contributed by atoms with E-state index in [1.54, 1.807) is 24.3 Å². The van der Waals surface area contributed by atoms with E-state index in [-0.39, 0.29) is 11.4 Å². The zero-order valence-electron chi connectivity index (χ0n) is 14.4. The molecule has 0 saturated carbocycles. The van der Waals surface area contributed by atoms with Crippen molar-refractivity contribution in [3.8, 4) is 11.5 Å². The lowest BCUT2D eigenvalue weighted by Crippen LogP contribution is -2.46. The Kier molecular flexibility index (Phi) is 4.00. The number of hydrogen-bond donors (Lipinski definition) is 3. The number of fused-ring (bicyclic) bond motifs is 1. The van der Waals surface area contributed by atoms with Gasteiger partial charge in [0.25, 0.3) is 5.56 Å². The molecule has 4 rings (SSSR count). The van der Waals surface area contributed by atoms with Crippen LogP contribution in [0.5, 0.6) is 11.5 Å². The molecule has 1 aliphatic heterocycles. The minimum Gasteiger partial charge on any atom is -0.457 e. The highest BCUT2D eigenvalue weighted by molar-refractivity contribution is 5.92. The smallest absolute Gasteiger partial charge is 0.329 e. The number of ether oxygens (including phenoxy) is 1. The van der Waals surface area contributed by atoms with Crippen molar-refractivity contribution in [1.29, 1.82) is 0 Å². The van der Waals surface area contributed by atoms with Gasteiger partial charge in [-0.1, -0.05) is 30.3 Å². The van der Waals surface area contributed by atoms with Gasteiger partial charge in [0.05, 0.1) is 11.6 Å². The third kappa shape index (κ3) is 3.08. The summed E-state index contributed by atoms with van der Waals surface area (Å²) in [5, 5.41) is 5.25. The van der Waals surface area contributed by atoms with Gasteiger partial charge in [0.15, 0.2) is 0 Å². The molecule has 2 amide bonds. The highest BCUT2D eigenvalue weighted by atomic mass is 16.5. The van der Waals surface area contributed by atoms with Crippen LogP contribution in [0.4, 0.5) is 10.6 Å². The van der Waals surface area contributed by atoms with E-state index >= 15 is 0 Å². The number of amides is 2. The van der Waals surface area contributed by atoms with Crippen LogP contribution in [0.1, 0.15) is 17.2 Å². The second-order valence-corrected chi connectivity index (χ2v) is 6.10. The van der Waals surface area contributed by atoms with Crippen LogP contribution in [0.3, 0.4) is 0 Å². The number of hydrogen-bond acceptors (Lipinski definition) is 4. The number of aromatic nitrogens is 2. The summed E-state index contributed by atoms with van der Waals surface area (Å²) < 4.78 is 7.03. The quantitative estimate of drug-likeness (QED) is 0.662. The first kappa shape index (κ1) is 16.6. The number of H-pyrrole nitrogens is 1. The van der Waals surface area contributed by atoms with Crippen LogP contribution >= 0.6 is 0 Å². The number of carbonyl (C=O) groups is 1. The van der Waals surface area contributed by atoms with E-state index in [2.05, 4.69) is 15.6 Å². The molecule has 27 heavy (non-hydrogen) atoms. The molecule has 0 spiro atoms. The van der Waals surface area contributed by atoms with Crippen LogP contribution in [0.15, 0.2) is 64.2 Å². The van der Waals surface area contributed by atoms with E-state index in [0.717, 1.165) is 0 Å². The van der Waals surface area contributed by atoms with Gasteiger partial charge in [-0.05, 0) is 29.8 Å². The molecule has 3 N–H and O–H groups in total. The Bertz CT molecular complexity index is 1130. The lowest BCUT2D eigenvalue weighted by molar-refractivity contribution is 0.248. The molecule has 8 nitrogen and oxygen atoms in total. The van der Waals surface area contributed by atoms with Crippen LogP contribution in [-0.2, 0) is 7.05 Å². The molecule has 0 bridgehead atoms. The standard InChI is InChI=1S/C19H16N4O4/c1-23-16-14(17(24)22-19(23)26)15(20-18(25)21-16)11-6-5-9-13(10-11)27-12-7-3-2-4-8-12/h2-10,15H,1H3,(H2,20,21,25)(H,22,24,26)/t15-/m1/s1. The third-order valence-electron chi connectivity index (χ3n) is 4.33. The molecule has 0 aliphatic carbocycles. The zero-order valence-corrected chi connectivity index (χ0v) is 14.4. The predicted molar refractivity (Wildman–Crippen MR) is 99.3 cm³/mol. The predicted octanol–water partition coefficient (Wildman–Crippen LogP) is 2.09. The number of para-hydroxylation sites is 1. The number of anilines is 1. The molecule has 0 fully saturated rings. The van der Waals surface area contributed by atoms with Gasteiger partial charge >= 0.3 is 11.7 Å². The maximum Gasteiger partial charge on any atom is 0.329 e. The molecule has 0 radical (unpaired) electrons. The Labute approximate surface area is 153 Å². The minimum absolute atomic E-state index is 0.173. The van der Waals surface area contributed by atoms with Crippen molar-refractivity contribution in [1.82, 2.24) is 14.9 Å². The molecule has 1 aromatic heterocycles. The lowest BCUT2D eigenvalue weighted by Gasteiger charge is -2.27. The van der Waals surface area contributed by atoms with Gasteiger partial charge < -0.3 is 10.1 Å². The van der Waals surface area contributed by atoms with Crippen molar-refractivity contribution in [2.24, 2.45) is 7.05 Å². The summed E-state index contributed by atoms with van der Waals surface area (Å²) in [7, 11) is 1.48. The second-order valence-electron chi connectivity index (χ2n) is 6.10. The number of aromatic amines is 1. The Hall–Kier alpha value is -3.81. The number of nitrogens with one attached hydrogen (secondary N) is 3. The average Bonchev–Trinajstić information content (AvgIpc) is 2.66. The van der Waals surface area contributed by atoms with Crippen LogP contribution < -0.4 is 26.6 Å². The summed E-state index contributed by atoms with van der Waals surface area (Å²) in [6, 6.07) is 15.1. The summed E-state index contributed by atoms with van der Waals surface area (Å²) in [5.74, 6) is 1.41. The summed E-state index contributed by atoms with van der Waals surface area (Å²) in [5.41, 5.74) is -0.238. The first-order valence-corrected chi connectivity index (χ1v) is 8.26. The van der Waals surface area contributed by atoms with Gasteiger partial charge in [-0.25, -0.2) is 9.59 Å². The Morgan fingerprint density at radius 1 is 0.963 bits per heavy atom. The van der Waals surface area contributed by atoms with Gasteiger partial charge in [-0.3, -0.25) is 19.7 Å². The number of benzene rings is 2. The summed E-state index contributed by atoms with van der Waals surface area (Å²) in [6.07, 6.45) is 0. The monoisotopic (exact) mass is 364 g/mol. The van der Waals surface area contributed by atoms with E-state index in [1.807, 2.05) is 30.3 Å². The highest BCUT2D eigenvalue weighted by Gasteiger charge is 2.30. The van der Waals surface area contributed by atoms with E-state index < -0.39 is 23.3 Å². The molecule has 2 heterocycles. The van der Waals surface area contributed by atoms with Crippen molar-refractivity contribution in [3.63, 3.8) is 0 Å². The van der Waals surface area contributed by atoms with Crippen LogP contribution in [0.2, 0.25) is 0 Å². The van der Waals surface area contributed by atoms with Crippen molar-refractivity contribution < 1.29 is 9.53 Å². The molecule has 3 aromatic rings. The van der Waals surface area contributed by atoms with Crippen LogP contribution in [0.25, 0.3) is 0 Å². The first-order valence-electron chi connectivity index (χ1n) is 8.26. The van der Waals surface area contributed by atoms with Crippen molar-refractivity contribution in [2.75, 3.05) is 5.32 Å². The van der Waals surface area contributed by atoms with Crippen molar-refractivity contribution in [2.45, 2.75) is 6.04 Å². The maximum absolute atomic E-state index is 12.4. The van der Waals surface area contributed by atoms with Crippen LogP contribution in [0, 0.1) is 0 Å². The summed E-state index contributed by atoms with van der Waals surface area (Å²) >= 11 is 0. The molecule has 1 aliphatic rings. The van der Waals surface area contributed by atoms with Crippen molar-refractivity contribution in [3.05, 3.63) is 86.6 Å². The molecular formula is C19H16N4O4. The van der Waals surface area contributed by atoms with Gasteiger partial charge in [0.2, 0.25) is 0 Å². The SMILES string of the molecule is Cn1c2c(c(=O)[nH]c1=O)[C@@H](c1cccc(Oc3ccccc3)c1)NC(=O)N2. The molecule has 136 valence electrons. The number of nitrogens with zero attached hydrogens (tertiary/aromatic N) is 1. The fourth-order valence-electron chi connectivity index (χ4n) is 3.04. The average molecular weight is 364 g/mol. The fourth-order valence-corrected chi connectivity index (χ4v) is 3.04. The van der Waals surface area contributed by atoms with E-state index in [0.29, 0.717) is 17.1 Å². The molecule has 0 saturated heterocycles. The molecular weight excluding hydrogens is 348 g/mol. The highest BCUT2D eigenvalue weighted by Crippen LogP contribution is 2.31. The van der Waals surface area contributed by atoms with Gasteiger partial charge in [-0.15, -0.1) is 0 Å². The number of rotatable bonds is 3. The van der Waals surface area contributed by atoms with Gasteiger partial charge in [0.1, 0.15) is 17.3 Å². The molecule has 0 unspecified atom stereocenters. The summed E-state index contributed by atoms with van der Waals surface area (Å²) in [4.78, 5) is 38.6. The van der Waals surface area contributed by atoms with E-state index in [4.69, 9.17) is 4.74 Å². The van der Waals surface area contributed by atoms with Crippen molar-refractivity contribution >= 4 is 11.8 Å². The molecule has 1 atom stereocenters. The molecule has 2 aromatic carbocycles. The minimum atomic E-state index is -0.719. The molecule has 8 heteroatoms. The largest absolute Gasteiger partial charge is 0.457 e. The van der Waals surface area contributed by atoms with Gasteiger partial charge in [-0.2, -0.15) is 0 Å². The Morgan fingerprint density at radius 3 is 2.48 bits per heavy atom. The maximum atomic E-state index is 12.4.